The van der Waals surface area contributed by atoms with Crippen molar-refractivity contribution in [3.63, 3.8) is 0 Å². The van der Waals surface area contributed by atoms with Crippen LogP contribution in [0.5, 0.6) is 5.75 Å². The average Bonchev–Trinajstić information content (AvgIpc) is 3.24. The van der Waals surface area contributed by atoms with Gasteiger partial charge in [0.1, 0.15) is 5.75 Å². The number of sulfone groups is 1. The summed E-state index contributed by atoms with van der Waals surface area (Å²) in [5, 5.41) is 2.98. The number of nitrogens with zero attached hydrogens (tertiary/aromatic N) is 1. The van der Waals surface area contributed by atoms with E-state index in [1.807, 2.05) is 68.4 Å². The van der Waals surface area contributed by atoms with Crippen LogP contribution in [0.1, 0.15) is 16.7 Å². The predicted octanol–water partition coefficient (Wildman–Crippen LogP) is 5.41. The highest BCUT2D eigenvalue weighted by Gasteiger charge is 2.28. The topological polar surface area (TPSA) is 81.4 Å². The highest BCUT2D eigenvalue weighted by molar-refractivity contribution is 7.91. The number of benzene rings is 3. The lowest BCUT2D eigenvalue weighted by atomic mass is 10.1. The van der Waals surface area contributed by atoms with Gasteiger partial charge in [0, 0.05) is 12.1 Å². The lowest BCUT2D eigenvalue weighted by Crippen LogP contribution is -2.07. The first kappa shape index (κ1) is 21.6. The molecule has 1 aromatic heterocycles. The fourth-order valence-electron chi connectivity index (χ4n) is 3.24. The third-order valence-electron chi connectivity index (χ3n) is 5.06. The molecular weight excluding hydrogens is 424 g/mol. The van der Waals surface area contributed by atoms with E-state index in [1.165, 1.54) is 0 Å². The first-order chi connectivity index (χ1) is 15.4. The molecule has 4 aromatic rings. The zero-order chi connectivity index (χ0) is 22.7. The lowest BCUT2D eigenvalue weighted by Gasteiger charge is -2.07. The van der Waals surface area contributed by atoms with E-state index in [1.54, 1.807) is 25.3 Å². The van der Waals surface area contributed by atoms with Crippen molar-refractivity contribution in [1.29, 1.82) is 0 Å². The van der Waals surface area contributed by atoms with Gasteiger partial charge in [0.2, 0.25) is 26.6 Å². The summed E-state index contributed by atoms with van der Waals surface area (Å²) >= 11 is 0. The number of rotatable bonds is 7. The molecule has 0 radical (unpaired) electrons. The van der Waals surface area contributed by atoms with Crippen molar-refractivity contribution in [2.75, 3.05) is 12.4 Å². The summed E-state index contributed by atoms with van der Waals surface area (Å²) in [7, 11) is -2.28. The maximum atomic E-state index is 13.4. The molecule has 0 aliphatic carbocycles. The SMILES string of the molecule is COc1ccc(CNc2oc(-c3ccc(C)cc3)nc2S(=O)(=O)c2cccc(C)c2)cc1. The Balaban J connectivity index is 1.73. The van der Waals surface area contributed by atoms with Gasteiger partial charge in [0.05, 0.1) is 12.0 Å². The number of aromatic nitrogens is 1. The Bertz CT molecular complexity index is 1330. The van der Waals surface area contributed by atoms with Gasteiger partial charge in [-0.1, -0.05) is 42.0 Å². The van der Waals surface area contributed by atoms with E-state index >= 15 is 0 Å². The van der Waals surface area contributed by atoms with Crippen molar-refractivity contribution < 1.29 is 17.6 Å². The van der Waals surface area contributed by atoms with Crippen molar-refractivity contribution in [3.8, 4) is 17.2 Å². The molecule has 3 aromatic carbocycles. The second-order valence-corrected chi connectivity index (χ2v) is 9.41. The van der Waals surface area contributed by atoms with Gasteiger partial charge in [-0.25, -0.2) is 8.42 Å². The number of hydrogen-bond acceptors (Lipinski definition) is 6. The molecule has 0 aliphatic rings. The molecule has 0 saturated carbocycles. The summed E-state index contributed by atoms with van der Waals surface area (Å²) in [4.78, 5) is 4.57. The molecule has 0 bridgehead atoms. The summed E-state index contributed by atoms with van der Waals surface area (Å²) in [6, 6.07) is 21.8. The van der Waals surface area contributed by atoms with E-state index in [4.69, 9.17) is 9.15 Å². The molecule has 0 atom stereocenters. The number of aryl methyl sites for hydroxylation is 2. The molecule has 0 unspecified atom stereocenters. The molecule has 1 heterocycles. The summed E-state index contributed by atoms with van der Waals surface area (Å²) in [6.07, 6.45) is 0. The third kappa shape index (κ3) is 4.53. The Morgan fingerprint density at radius 2 is 1.66 bits per heavy atom. The molecular formula is C25H24N2O4S. The Kier molecular flexibility index (Phi) is 6.01. The number of ether oxygens (including phenoxy) is 1. The minimum Gasteiger partial charge on any atom is -0.497 e. The van der Waals surface area contributed by atoms with Gasteiger partial charge >= 0.3 is 0 Å². The van der Waals surface area contributed by atoms with E-state index < -0.39 is 9.84 Å². The van der Waals surface area contributed by atoms with Crippen LogP contribution in [0, 0.1) is 13.8 Å². The molecule has 0 aliphatic heterocycles. The van der Waals surface area contributed by atoms with E-state index in [0.717, 1.165) is 22.4 Å². The van der Waals surface area contributed by atoms with Crippen molar-refractivity contribution >= 4 is 15.7 Å². The van der Waals surface area contributed by atoms with Crippen molar-refractivity contribution in [2.24, 2.45) is 0 Å². The molecule has 0 spiro atoms. The highest BCUT2D eigenvalue weighted by Crippen LogP contribution is 2.33. The normalized spacial score (nSPS) is 11.3. The molecule has 164 valence electrons. The summed E-state index contributed by atoms with van der Waals surface area (Å²) < 4.78 is 37.9. The molecule has 0 saturated heterocycles. The minimum atomic E-state index is -3.89. The van der Waals surface area contributed by atoms with Crippen molar-refractivity contribution in [2.45, 2.75) is 30.3 Å². The molecule has 6 nitrogen and oxygen atoms in total. The number of nitrogens with one attached hydrogen (secondary N) is 1. The zero-order valence-corrected chi connectivity index (χ0v) is 18.9. The maximum Gasteiger partial charge on any atom is 0.234 e. The van der Waals surface area contributed by atoms with Crippen LogP contribution in [0.2, 0.25) is 0 Å². The van der Waals surface area contributed by atoms with Gasteiger partial charge in [-0.05, 0) is 61.4 Å². The van der Waals surface area contributed by atoms with E-state index in [0.29, 0.717) is 12.1 Å². The molecule has 0 amide bonds. The molecule has 7 heteroatoms. The first-order valence-electron chi connectivity index (χ1n) is 10.1. The number of hydrogen-bond donors (Lipinski definition) is 1. The second kappa shape index (κ2) is 8.88. The smallest absolute Gasteiger partial charge is 0.234 e. The van der Waals surface area contributed by atoms with Crippen molar-refractivity contribution in [1.82, 2.24) is 4.98 Å². The van der Waals surface area contributed by atoms with Crippen LogP contribution in [-0.4, -0.2) is 20.5 Å². The Morgan fingerprint density at radius 1 is 0.938 bits per heavy atom. The fourth-order valence-corrected chi connectivity index (χ4v) is 4.62. The van der Waals surface area contributed by atoms with Crippen LogP contribution in [-0.2, 0) is 16.4 Å². The molecule has 32 heavy (non-hydrogen) atoms. The number of methoxy groups -OCH3 is 1. The monoisotopic (exact) mass is 448 g/mol. The summed E-state index contributed by atoms with van der Waals surface area (Å²) in [5.74, 6) is 1.10. The second-order valence-electron chi connectivity index (χ2n) is 7.54. The fraction of sp³-hybridized carbons (Fsp3) is 0.160. The summed E-state index contributed by atoms with van der Waals surface area (Å²) in [5.41, 5.74) is 3.58. The Labute approximate surface area is 187 Å². The van der Waals surface area contributed by atoms with Gasteiger partial charge in [-0.2, -0.15) is 4.98 Å². The minimum absolute atomic E-state index is 0.109. The van der Waals surface area contributed by atoms with Gasteiger partial charge < -0.3 is 14.5 Å². The third-order valence-corrected chi connectivity index (χ3v) is 6.72. The standard InChI is InChI=1S/C25H24N2O4S/c1-17-7-11-20(12-8-17)23-27-25(32(28,29)22-6-4-5-18(2)15-22)24(31-23)26-16-19-9-13-21(30-3)14-10-19/h4-15,26H,16H2,1-3H3. The van der Waals surface area contributed by atoms with Crippen LogP contribution in [0.4, 0.5) is 5.88 Å². The van der Waals surface area contributed by atoms with Crippen LogP contribution >= 0.6 is 0 Å². The first-order valence-corrected chi connectivity index (χ1v) is 11.6. The van der Waals surface area contributed by atoms with Gasteiger partial charge in [-0.3, -0.25) is 0 Å². The van der Waals surface area contributed by atoms with Crippen LogP contribution in [0.25, 0.3) is 11.5 Å². The van der Waals surface area contributed by atoms with Gasteiger partial charge in [0.25, 0.3) is 0 Å². The Hall–Kier alpha value is -3.58. The average molecular weight is 449 g/mol. The van der Waals surface area contributed by atoms with E-state index in [2.05, 4.69) is 10.3 Å². The van der Waals surface area contributed by atoms with Gasteiger partial charge in [-0.15, -0.1) is 0 Å². The highest BCUT2D eigenvalue weighted by atomic mass is 32.2. The van der Waals surface area contributed by atoms with Crippen molar-refractivity contribution in [3.05, 3.63) is 89.5 Å². The van der Waals surface area contributed by atoms with E-state index in [-0.39, 0.29) is 21.7 Å². The predicted molar refractivity (Wildman–Crippen MR) is 124 cm³/mol. The lowest BCUT2D eigenvalue weighted by molar-refractivity contribution is 0.414. The van der Waals surface area contributed by atoms with Crippen LogP contribution < -0.4 is 10.1 Å². The van der Waals surface area contributed by atoms with Crippen LogP contribution in [0.3, 0.4) is 0 Å². The van der Waals surface area contributed by atoms with E-state index in [9.17, 15) is 8.42 Å². The Morgan fingerprint density at radius 3 is 2.31 bits per heavy atom. The zero-order valence-electron chi connectivity index (χ0n) is 18.1. The number of oxazole rings is 1. The molecule has 0 fully saturated rings. The van der Waals surface area contributed by atoms with Crippen LogP contribution in [0.15, 0.2) is 87.1 Å². The number of anilines is 1. The molecule has 4 rings (SSSR count). The summed E-state index contributed by atoms with van der Waals surface area (Å²) in [6.45, 7) is 4.19. The molecule has 1 N–H and O–H groups in total. The quantitative estimate of drug-likeness (QED) is 0.407. The largest absolute Gasteiger partial charge is 0.497 e. The van der Waals surface area contributed by atoms with Gasteiger partial charge in [0.15, 0.2) is 0 Å². The maximum absolute atomic E-state index is 13.4.